The van der Waals surface area contributed by atoms with Crippen LogP contribution in [0.25, 0.3) is 0 Å². The van der Waals surface area contributed by atoms with Crippen molar-refractivity contribution in [3.63, 3.8) is 0 Å². The third kappa shape index (κ3) is 5.40. The molecule has 0 aromatic heterocycles. The highest BCUT2D eigenvalue weighted by molar-refractivity contribution is 6.31. The first-order chi connectivity index (χ1) is 11.9. The fraction of sp³-hybridized carbons (Fsp3) is 0.438. The molecule has 3 amide bonds. The molecule has 1 aromatic carbocycles. The monoisotopic (exact) mass is 370 g/mol. The largest absolute Gasteiger partial charge is 0.346 e. The Hall–Kier alpha value is -2.19. The molecule has 1 aliphatic rings. The summed E-state index contributed by atoms with van der Waals surface area (Å²) in [7, 11) is 0. The molecule has 0 saturated carbocycles. The average molecular weight is 371 g/mol. The number of carbonyl (C=O) groups is 3. The second kappa shape index (κ2) is 8.77. The summed E-state index contributed by atoms with van der Waals surface area (Å²) in [6.45, 7) is 0.600. The second-order valence-electron chi connectivity index (χ2n) is 5.75. The second-order valence-corrected chi connectivity index (χ2v) is 6.16. The molecule has 1 aliphatic heterocycles. The van der Waals surface area contributed by atoms with Crippen LogP contribution >= 0.6 is 11.6 Å². The van der Waals surface area contributed by atoms with E-state index in [1.807, 2.05) is 0 Å². The van der Waals surface area contributed by atoms with Crippen LogP contribution in [0.4, 0.5) is 10.1 Å². The molecule has 4 N–H and O–H groups in total. The van der Waals surface area contributed by atoms with Crippen molar-refractivity contribution in [3.8, 4) is 0 Å². The molecular weight excluding hydrogens is 351 g/mol. The molecule has 25 heavy (non-hydrogen) atoms. The summed E-state index contributed by atoms with van der Waals surface area (Å²) in [5.74, 6) is -1.57. The zero-order valence-corrected chi connectivity index (χ0v) is 14.3. The topological polar surface area (TPSA) is 105 Å². The van der Waals surface area contributed by atoms with Crippen LogP contribution in [-0.4, -0.2) is 48.8 Å². The number of hydrogen-bond donors (Lipinski definition) is 3. The van der Waals surface area contributed by atoms with Crippen molar-refractivity contribution in [1.82, 2.24) is 10.2 Å². The molecule has 7 nitrogen and oxygen atoms in total. The number of anilines is 1. The number of hydrogen-bond acceptors (Lipinski definition) is 4. The van der Waals surface area contributed by atoms with Gasteiger partial charge in [0.1, 0.15) is 5.82 Å². The summed E-state index contributed by atoms with van der Waals surface area (Å²) >= 11 is 5.69. The Kier molecular flexibility index (Phi) is 6.72. The number of carbonyl (C=O) groups excluding carboxylic acids is 3. The molecule has 0 atom stereocenters. The molecule has 0 spiro atoms. The Morgan fingerprint density at radius 1 is 1.28 bits per heavy atom. The fourth-order valence-corrected chi connectivity index (χ4v) is 2.75. The van der Waals surface area contributed by atoms with Crippen molar-refractivity contribution >= 4 is 35.0 Å². The molecule has 1 saturated heterocycles. The standard InChI is InChI=1S/C16H20ClFN4O3/c17-12-7-11(1-2-13(12)18)21-16(25)10-3-5-22(6-4-10)15(24)9-20-14(23)8-19/h1-2,7,10H,3-6,8-9,19H2,(H,20,23)(H,21,25). The molecule has 0 radical (unpaired) electrons. The van der Waals surface area contributed by atoms with Crippen LogP contribution in [0.1, 0.15) is 12.8 Å². The molecule has 0 unspecified atom stereocenters. The van der Waals surface area contributed by atoms with E-state index in [-0.39, 0.29) is 41.8 Å². The van der Waals surface area contributed by atoms with Gasteiger partial charge >= 0.3 is 0 Å². The van der Waals surface area contributed by atoms with Gasteiger partial charge in [0.05, 0.1) is 18.1 Å². The SMILES string of the molecule is NCC(=O)NCC(=O)N1CCC(C(=O)Nc2ccc(F)c(Cl)c2)CC1. The predicted molar refractivity (Wildman–Crippen MR) is 91.4 cm³/mol. The van der Waals surface area contributed by atoms with Gasteiger partial charge < -0.3 is 21.3 Å². The van der Waals surface area contributed by atoms with E-state index in [1.165, 1.54) is 18.2 Å². The Balaban J connectivity index is 1.80. The lowest BCUT2D eigenvalue weighted by Gasteiger charge is -2.31. The van der Waals surface area contributed by atoms with Crippen molar-refractivity contribution in [2.24, 2.45) is 11.7 Å². The maximum atomic E-state index is 13.1. The van der Waals surface area contributed by atoms with Gasteiger partial charge in [-0.1, -0.05) is 11.6 Å². The van der Waals surface area contributed by atoms with Gasteiger partial charge in [-0.2, -0.15) is 0 Å². The van der Waals surface area contributed by atoms with Gasteiger partial charge in [-0.05, 0) is 31.0 Å². The van der Waals surface area contributed by atoms with E-state index < -0.39 is 5.82 Å². The number of nitrogens with two attached hydrogens (primary N) is 1. The molecule has 1 aromatic rings. The molecule has 1 heterocycles. The Morgan fingerprint density at radius 3 is 2.56 bits per heavy atom. The van der Waals surface area contributed by atoms with Crippen molar-refractivity contribution in [2.75, 3.05) is 31.5 Å². The van der Waals surface area contributed by atoms with E-state index >= 15 is 0 Å². The van der Waals surface area contributed by atoms with Gasteiger partial charge in [-0.25, -0.2) is 4.39 Å². The lowest BCUT2D eigenvalue weighted by atomic mass is 9.95. The van der Waals surface area contributed by atoms with Crippen LogP contribution < -0.4 is 16.4 Å². The Bertz CT molecular complexity index is 663. The zero-order valence-electron chi connectivity index (χ0n) is 13.6. The van der Waals surface area contributed by atoms with Crippen molar-refractivity contribution in [1.29, 1.82) is 0 Å². The van der Waals surface area contributed by atoms with Gasteiger partial charge in [0.15, 0.2) is 0 Å². The quantitative estimate of drug-likeness (QED) is 0.710. The highest BCUT2D eigenvalue weighted by Crippen LogP contribution is 2.22. The normalized spacial score (nSPS) is 14.9. The number of benzene rings is 1. The van der Waals surface area contributed by atoms with Crippen LogP contribution in [0.5, 0.6) is 0 Å². The van der Waals surface area contributed by atoms with E-state index in [4.69, 9.17) is 17.3 Å². The first kappa shape index (κ1) is 19.1. The van der Waals surface area contributed by atoms with E-state index in [9.17, 15) is 18.8 Å². The number of nitrogens with zero attached hydrogens (tertiary/aromatic N) is 1. The van der Waals surface area contributed by atoms with Crippen LogP contribution in [0, 0.1) is 11.7 Å². The van der Waals surface area contributed by atoms with Gasteiger partial charge in [0.25, 0.3) is 0 Å². The number of amides is 3. The lowest BCUT2D eigenvalue weighted by molar-refractivity contribution is -0.135. The summed E-state index contributed by atoms with van der Waals surface area (Å²) in [5.41, 5.74) is 5.59. The minimum Gasteiger partial charge on any atom is -0.346 e. The van der Waals surface area contributed by atoms with Gasteiger partial charge in [0, 0.05) is 24.7 Å². The minimum atomic E-state index is -0.548. The number of halogens is 2. The van der Waals surface area contributed by atoms with E-state index in [1.54, 1.807) is 4.90 Å². The summed E-state index contributed by atoms with van der Waals surface area (Å²) in [5, 5.41) is 5.08. The third-order valence-electron chi connectivity index (χ3n) is 4.03. The minimum absolute atomic E-state index is 0.0576. The maximum Gasteiger partial charge on any atom is 0.241 e. The molecule has 1 fully saturated rings. The van der Waals surface area contributed by atoms with Crippen molar-refractivity contribution in [3.05, 3.63) is 29.0 Å². The molecule has 9 heteroatoms. The fourth-order valence-electron chi connectivity index (χ4n) is 2.57. The van der Waals surface area contributed by atoms with Crippen LogP contribution in [0.3, 0.4) is 0 Å². The van der Waals surface area contributed by atoms with Crippen LogP contribution in [-0.2, 0) is 14.4 Å². The Morgan fingerprint density at radius 2 is 1.96 bits per heavy atom. The summed E-state index contributed by atoms with van der Waals surface area (Å²) in [6, 6.07) is 3.99. The zero-order chi connectivity index (χ0) is 18.4. The van der Waals surface area contributed by atoms with E-state index in [0.29, 0.717) is 31.6 Å². The van der Waals surface area contributed by atoms with Gasteiger partial charge in [-0.15, -0.1) is 0 Å². The van der Waals surface area contributed by atoms with Crippen LogP contribution in [0.15, 0.2) is 18.2 Å². The van der Waals surface area contributed by atoms with Gasteiger partial charge in [-0.3, -0.25) is 14.4 Å². The first-order valence-corrected chi connectivity index (χ1v) is 8.29. The van der Waals surface area contributed by atoms with E-state index in [2.05, 4.69) is 10.6 Å². The smallest absolute Gasteiger partial charge is 0.241 e. The van der Waals surface area contributed by atoms with Crippen LogP contribution in [0.2, 0.25) is 5.02 Å². The summed E-state index contributed by atoms with van der Waals surface area (Å²) < 4.78 is 13.1. The molecule has 0 bridgehead atoms. The maximum absolute atomic E-state index is 13.1. The summed E-state index contributed by atoms with van der Waals surface area (Å²) in [4.78, 5) is 36.9. The molecule has 0 aliphatic carbocycles. The highest BCUT2D eigenvalue weighted by Gasteiger charge is 2.27. The number of nitrogens with one attached hydrogen (secondary N) is 2. The molecule has 2 rings (SSSR count). The van der Waals surface area contributed by atoms with E-state index in [0.717, 1.165) is 0 Å². The van der Waals surface area contributed by atoms with Crippen molar-refractivity contribution < 1.29 is 18.8 Å². The lowest BCUT2D eigenvalue weighted by Crippen LogP contribution is -2.46. The number of piperidine rings is 1. The van der Waals surface area contributed by atoms with Gasteiger partial charge in [0.2, 0.25) is 17.7 Å². The average Bonchev–Trinajstić information content (AvgIpc) is 2.62. The predicted octanol–water partition coefficient (Wildman–Crippen LogP) is 0.731. The molecular formula is C16H20ClFN4O3. The Labute approximate surface area is 149 Å². The number of likely N-dealkylation sites (tertiary alicyclic amines) is 1. The first-order valence-electron chi connectivity index (χ1n) is 7.91. The highest BCUT2D eigenvalue weighted by atomic mass is 35.5. The molecule has 136 valence electrons. The van der Waals surface area contributed by atoms with Crippen molar-refractivity contribution in [2.45, 2.75) is 12.8 Å². The third-order valence-corrected chi connectivity index (χ3v) is 4.32. The number of rotatable bonds is 5. The summed E-state index contributed by atoms with van der Waals surface area (Å²) in [6.07, 6.45) is 1.02.